The topological polar surface area (TPSA) is 32.7 Å². The summed E-state index contributed by atoms with van der Waals surface area (Å²) < 4.78 is 0. The minimum atomic E-state index is -0.229. The molecule has 0 fully saturated rings. The van der Waals surface area contributed by atoms with Crippen molar-refractivity contribution >= 4 is 11.7 Å². The number of benzene rings is 2. The lowest BCUT2D eigenvalue weighted by Gasteiger charge is -2.15. The van der Waals surface area contributed by atoms with Crippen LogP contribution in [-0.2, 0) is 0 Å². The molecule has 0 aromatic heterocycles. The van der Waals surface area contributed by atoms with E-state index in [2.05, 4.69) is 4.99 Å². The number of amidine groups is 1. The normalized spacial score (nSPS) is 11.2. The Kier molecular flexibility index (Phi) is 4.08. The van der Waals surface area contributed by atoms with Crippen molar-refractivity contribution < 1.29 is 4.79 Å². The van der Waals surface area contributed by atoms with Crippen LogP contribution in [0.5, 0.6) is 0 Å². The molecule has 0 saturated carbocycles. The van der Waals surface area contributed by atoms with E-state index in [0.29, 0.717) is 11.4 Å². The lowest BCUT2D eigenvalue weighted by atomic mass is 10.2. The summed E-state index contributed by atoms with van der Waals surface area (Å²) in [5, 5.41) is 0. The molecule has 0 unspecified atom stereocenters. The van der Waals surface area contributed by atoms with Crippen molar-refractivity contribution in [1.82, 2.24) is 4.90 Å². The van der Waals surface area contributed by atoms with Gasteiger partial charge in [-0.25, -0.2) is 0 Å². The summed E-state index contributed by atoms with van der Waals surface area (Å²) in [5.41, 5.74) is 1.52. The Balaban J connectivity index is 2.35. The first kappa shape index (κ1) is 13.0. The predicted molar refractivity (Wildman–Crippen MR) is 77.4 cm³/mol. The molecule has 0 spiro atoms. The molecule has 0 heterocycles. The van der Waals surface area contributed by atoms with Crippen molar-refractivity contribution in [2.75, 3.05) is 14.1 Å². The van der Waals surface area contributed by atoms with Gasteiger partial charge in [-0.05, 0) is 12.1 Å². The Morgan fingerprint density at radius 2 is 1.32 bits per heavy atom. The van der Waals surface area contributed by atoms with Crippen molar-refractivity contribution in [1.29, 1.82) is 0 Å². The Bertz CT molecular complexity index is 574. The fourth-order valence-corrected chi connectivity index (χ4v) is 1.75. The third-order valence-corrected chi connectivity index (χ3v) is 2.68. The maximum absolute atomic E-state index is 12.1. The van der Waals surface area contributed by atoms with Gasteiger partial charge in [0.15, 0.2) is 0 Å². The van der Waals surface area contributed by atoms with Gasteiger partial charge in [0.1, 0.15) is 5.84 Å². The highest BCUT2D eigenvalue weighted by Gasteiger charge is 2.09. The van der Waals surface area contributed by atoms with Gasteiger partial charge in [0.2, 0.25) is 0 Å². The third-order valence-electron chi connectivity index (χ3n) is 2.68. The van der Waals surface area contributed by atoms with E-state index in [1.165, 1.54) is 0 Å². The summed E-state index contributed by atoms with van der Waals surface area (Å²) in [5.74, 6) is 0.433. The lowest BCUT2D eigenvalue weighted by molar-refractivity contribution is 0.100. The first-order valence-corrected chi connectivity index (χ1v) is 6.09. The molecule has 1 amide bonds. The summed E-state index contributed by atoms with van der Waals surface area (Å²) >= 11 is 0. The van der Waals surface area contributed by atoms with Crippen LogP contribution in [-0.4, -0.2) is 30.7 Å². The summed E-state index contributed by atoms with van der Waals surface area (Å²) in [7, 11) is 3.76. The van der Waals surface area contributed by atoms with Gasteiger partial charge in [0, 0.05) is 25.2 Å². The zero-order chi connectivity index (χ0) is 13.7. The minimum Gasteiger partial charge on any atom is -0.362 e. The number of carbonyl (C=O) groups excluding carboxylic acids is 1. The van der Waals surface area contributed by atoms with Gasteiger partial charge in [-0.3, -0.25) is 4.79 Å². The molecule has 0 N–H and O–H groups in total. The zero-order valence-corrected chi connectivity index (χ0v) is 11.1. The van der Waals surface area contributed by atoms with E-state index < -0.39 is 0 Å². The van der Waals surface area contributed by atoms with E-state index in [4.69, 9.17) is 0 Å². The van der Waals surface area contributed by atoms with Crippen molar-refractivity contribution in [3.63, 3.8) is 0 Å². The van der Waals surface area contributed by atoms with E-state index in [9.17, 15) is 4.79 Å². The average Bonchev–Trinajstić information content (AvgIpc) is 2.46. The molecule has 2 aromatic rings. The summed E-state index contributed by atoms with van der Waals surface area (Å²) in [6.07, 6.45) is 0. The number of nitrogens with zero attached hydrogens (tertiary/aromatic N) is 2. The second-order valence-electron chi connectivity index (χ2n) is 4.37. The zero-order valence-electron chi connectivity index (χ0n) is 11.1. The fourth-order valence-electron chi connectivity index (χ4n) is 1.75. The molecule has 0 aliphatic heterocycles. The number of hydrogen-bond donors (Lipinski definition) is 0. The molecule has 0 radical (unpaired) electrons. The van der Waals surface area contributed by atoms with Gasteiger partial charge in [0.05, 0.1) is 0 Å². The standard InChI is InChI=1S/C16H16N2O/c1-18(2)15(13-9-5-3-6-10-13)17-16(19)14-11-7-4-8-12-14/h3-12H,1-2H3. The summed E-state index contributed by atoms with van der Waals surface area (Å²) in [6, 6.07) is 18.8. The van der Waals surface area contributed by atoms with Crippen LogP contribution in [0.1, 0.15) is 15.9 Å². The van der Waals surface area contributed by atoms with Crippen molar-refractivity contribution in [2.45, 2.75) is 0 Å². The Hall–Kier alpha value is -2.42. The number of hydrogen-bond acceptors (Lipinski definition) is 1. The van der Waals surface area contributed by atoms with Crippen LogP contribution in [0.3, 0.4) is 0 Å². The highest BCUT2D eigenvalue weighted by atomic mass is 16.1. The first-order valence-electron chi connectivity index (χ1n) is 6.09. The largest absolute Gasteiger partial charge is 0.362 e. The van der Waals surface area contributed by atoms with Crippen LogP contribution in [0, 0.1) is 0 Å². The first-order chi connectivity index (χ1) is 9.18. The predicted octanol–water partition coefficient (Wildman–Crippen LogP) is 2.84. The second kappa shape index (κ2) is 5.96. The van der Waals surface area contributed by atoms with Gasteiger partial charge < -0.3 is 4.90 Å². The van der Waals surface area contributed by atoms with Crippen LogP contribution in [0.15, 0.2) is 65.7 Å². The Morgan fingerprint density at radius 1 is 0.842 bits per heavy atom. The Labute approximate surface area is 113 Å². The van der Waals surface area contributed by atoms with E-state index in [1.807, 2.05) is 67.5 Å². The van der Waals surface area contributed by atoms with Gasteiger partial charge in [-0.1, -0.05) is 48.5 Å². The second-order valence-corrected chi connectivity index (χ2v) is 4.37. The van der Waals surface area contributed by atoms with Crippen LogP contribution in [0.25, 0.3) is 0 Å². The van der Waals surface area contributed by atoms with Gasteiger partial charge in [-0.2, -0.15) is 4.99 Å². The minimum absolute atomic E-state index is 0.229. The maximum atomic E-state index is 12.1. The molecule has 3 nitrogen and oxygen atoms in total. The Morgan fingerprint density at radius 3 is 1.79 bits per heavy atom. The highest BCUT2D eigenvalue weighted by molar-refractivity contribution is 6.09. The molecule has 2 aromatic carbocycles. The van der Waals surface area contributed by atoms with Crippen LogP contribution < -0.4 is 0 Å². The van der Waals surface area contributed by atoms with Gasteiger partial charge in [0.25, 0.3) is 5.91 Å². The number of rotatable bonds is 2. The molecule has 2 rings (SSSR count). The van der Waals surface area contributed by atoms with E-state index in [-0.39, 0.29) is 5.91 Å². The van der Waals surface area contributed by atoms with Crippen LogP contribution in [0.4, 0.5) is 0 Å². The average molecular weight is 252 g/mol. The molecule has 0 atom stereocenters. The van der Waals surface area contributed by atoms with Crippen molar-refractivity contribution in [3.8, 4) is 0 Å². The molecule has 96 valence electrons. The number of carbonyl (C=O) groups is 1. The highest BCUT2D eigenvalue weighted by Crippen LogP contribution is 2.07. The molecule has 0 aliphatic carbocycles. The molecular weight excluding hydrogens is 236 g/mol. The SMILES string of the molecule is CN(C)C(=NC(=O)c1ccccc1)c1ccccc1. The van der Waals surface area contributed by atoms with E-state index in [0.717, 1.165) is 5.56 Å². The molecule has 19 heavy (non-hydrogen) atoms. The molecule has 0 aliphatic rings. The van der Waals surface area contributed by atoms with E-state index in [1.54, 1.807) is 12.1 Å². The van der Waals surface area contributed by atoms with E-state index >= 15 is 0 Å². The maximum Gasteiger partial charge on any atom is 0.278 e. The van der Waals surface area contributed by atoms with Crippen LogP contribution >= 0.6 is 0 Å². The summed E-state index contributed by atoms with van der Waals surface area (Å²) in [6.45, 7) is 0. The van der Waals surface area contributed by atoms with Gasteiger partial charge >= 0.3 is 0 Å². The number of amides is 1. The van der Waals surface area contributed by atoms with Crippen LogP contribution in [0.2, 0.25) is 0 Å². The fraction of sp³-hybridized carbons (Fsp3) is 0.125. The van der Waals surface area contributed by atoms with Crippen molar-refractivity contribution in [2.24, 2.45) is 4.99 Å². The molecule has 0 saturated heterocycles. The quantitative estimate of drug-likeness (QED) is 0.608. The smallest absolute Gasteiger partial charge is 0.278 e. The lowest BCUT2D eigenvalue weighted by Crippen LogP contribution is -2.24. The summed E-state index contributed by atoms with van der Waals surface area (Å²) in [4.78, 5) is 18.2. The third kappa shape index (κ3) is 3.28. The number of aliphatic imine (C=N–C) groups is 1. The monoisotopic (exact) mass is 252 g/mol. The van der Waals surface area contributed by atoms with Gasteiger partial charge in [-0.15, -0.1) is 0 Å². The molecular formula is C16H16N2O. The molecule has 3 heteroatoms. The molecule has 0 bridgehead atoms. The van der Waals surface area contributed by atoms with Crippen molar-refractivity contribution in [3.05, 3.63) is 71.8 Å².